The van der Waals surface area contributed by atoms with E-state index >= 15 is 0 Å². The van der Waals surface area contributed by atoms with Gasteiger partial charge >= 0.3 is 0 Å². The quantitative estimate of drug-likeness (QED) is 0.310. The first kappa shape index (κ1) is 23.8. The Kier molecular flexibility index (Phi) is 7.48. The van der Waals surface area contributed by atoms with Crippen LogP contribution in [-0.2, 0) is 6.54 Å². The number of hydrogen-bond donors (Lipinski definition) is 1. The Morgan fingerprint density at radius 2 is 1.68 bits per heavy atom. The molecule has 0 atom stereocenters. The van der Waals surface area contributed by atoms with Crippen LogP contribution in [0.15, 0.2) is 65.6 Å². The van der Waals surface area contributed by atoms with Crippen LogP contribution in [0.5, 0.6) is 0 Å². The van der Waals surface area contributed by atoms with Gasteiger partial charge in [-0.05, 0) is 42.7 Å². The molecular formula is C27H29ClN4O2. The van der Waals surface area contributed by atoms with Crippen molar-refractivity contribution < 1.29 is 4.79 Å². The number of fused-ring (bicyclic) bond motifs is 1. The average Bonchev–Trinajstić information content (AvgIpc) is 3.30. The summed E-state index contributed by atoms with van der Waals surface area (Å²) in [6.07, 6.45) is 5.82. The molecule has 7 heteroatoms. The summed E-state index contributed by atoms with van der Waals surface area (Å²) in [6.45, 7) is 5.57. The van der Waals surface area contributed by atoms with Crippen molar-refractivity contribution in [3.63, 3.8) is 0 Å². The number of nitrogens with zero attached hydrogens (tertiary/aromatic N) is 3. The fraction of sp³-hybridized carbons (Fsp3) is 0.296. The number of rotatable bonds is 9. The summed E-state index contributed by atoms with van der Waals surface area (Å²) in [7, 11) is 0. The SMILES string of the molecule is CCCCCn1c(-c2ccc(C(=O)NCCC)cc2)cc(=O)n2cc(-c3ccc(Cl)cc3)nc12. The summed E-state index contributed by atoms with van der Waals surface area (Å²) in [6, 6.07) is 16.5. The zero-order chi connectivity index (χ0) is 24.1. The van der Waals surface area contributed by atoms with Crippen LogP contribution in [0.1, 0.15) is 49.9 Å². The van der Waals surface area contributed by atoms with Crippen molar-refractivity contribution in [3.05, 3.63) is 81.7 Å². The van der Waals surface area contributed by atoms with Crippen LogP contribution in [-0.4, -0.2) is 26.4 Å². The number of carbonyl (C=O) groups excluding carboxylic acids is 1. The van der Waals surface area contributed by atoms with Crippen LogP contribution in [0.3, 0.4) is 0 Å². The van der Waals surface area contributed by atoms with Crippen LogP contribution in [0.25, 0.3) is 28.3 Å². The van der Waals surface area contributed by atoms with Gasteiger partial charge in [-0.3, -0.25) is 14.0 Å². The van der Waals surface area contributed by atoms with E-state index < -0.39 is 0 Å². The lowest BCUT2D eigenvalue weighted by atomic mass is 10.1. The summed E-state index contributed by atoms with van der Waals surface area (Å²) in [4.78, 5) is 30.2. The van der Waals surface area contributed by atoms with Gasteiger partial charge in [0.1, 0.15) is 0 Å². The molecule has 0 aliphatic heterocycles. The molecule has 0 saturated heterocycles. The molecule has 1 N–H and O–H groups in total. The smallest absolute Gasteiger partial charge is 0.259 e. The molecule has 6 nitrogen and oxygen atoms in total. The van der Waals surface area contributed by atoms with Crippen molar-refractivity contribution in [3.8, 4) is 22.5 Å². The van der Waals surface area contributed by atoms with Crippen molar-refractivity contribution in [2.75, 3.05) is 6.54 Å². The van der Waals surface area contributed by atoms with Crippen LogP contribution in [0, 0.1) is 0 Å². The lowest BCUT2D eigenvalue weighted by Crippen LogP contribution is -2.23. The molecule has 4 aromatic rings. The van der Waals surface area contributed by atoms with Gasteiger partial charge in [0.25, 0.3) is 11.5 Å². The number of aryl methyl sites for hydroxylation is 1. The molecular weight excluding hydrogens is 448 g/mol. The number of benzene rings is 2. The van der Waals surface area contributed by atoms with Crippen LogP contribution < -0.4 is 10.9 Å². The maximum atomic E-state index is 13.1. The highest BCUT2D eigenvalue weighted by atomic mass is 35.5. The molecule has 0 bridgehead atoms. The van der Waals surface area contributed by atoms with E-state index in [1.807, 2.05) is 43.3 Å². The highest BCUT2D eigenvalue weighted by Crippen LogP contribution is 2.25. The predicted molar refractivity (Wildman–Crippen MR) is 137 cm³/mol. The first-order chi connectivity index (χ1) is 16.5. The molecule has 4 rings (SSSR count). The lowest BCUT2D eigenvalue weighted by Gasteiger charge is -2.15. The highest BCUT2D eigenvalue weighted by Gasteiger charge is 2.15. The normalized spacial score (nSPS) is 11.1. The Hall–Kier alpha value is -3.38. The number of imidazole rings is 1. The first-order valence-electron chi connectivity index (χ1n) is 11.8. The predicted octanol–water partition coefficient (Wildman–Crippen LogP) is 5.81. The summed E-state index contributed by atoms with van der Waals surface area (Å²) in [5.74, 6) is 0.512. The number of nitrogens with one attached hydrogen (secondary N) is 1. The maximum absolute atomic E-state index is 13.1. The Morgan fingerprint density at radius 1 is 0.971 bits per heavy atom. The largest absolute Gasteiger partial charge is 0.352 e. The van der Waals surface area contributed by atoms with Gasteiger partial charge in [0.05, 0.1) is 11.4 Å². The van der Waals surface area contributed by atoms with Crippen molar-refractivity contribution >= 4 is 23.3 Å². The zero-order valence-electron chi connectivity index (χ0n) is 19.6. The minimum Gasteiger partial charge on any atom is -0.352 e. The zero-order valence-corrected chi connectivity index (χ0v) is 20.3. The van der Waals surface area contributed by atoms with Gasteiger partial charge in [-0.15, -0.1) is 0 Å². The number of unbranched alkanes of at least 4 members (excludes halogenated alkanes) is 2. The van der Waals surface area contributed by atoms with E-state index in [9.17, 15) is 9.59 Å². The summed E-state index contributed by atoms with van der Waals surface area (Å²) in [5, 5.41) is 3.55. The van der Waals surface area contributed by atoms with Crippen molar-refractivity contribution in [2.24, 2.45) is 0 Å². The Bertz CT molecular complexity index is 1340. The third kappa shape index (κ3) is 5.07. The second-order valence-electron chi connectivity index (χ2n) is 8.36. The van der Waals surface area contributed by atoms with Gasteiger partial charge in [0, 0.05) is 41.5 Å². The van der Waals surface area contributed by atoms with Gasteiger partial charge in [-0.2, -0.15) is 0 Å². The van der Waals surface area contributed by atoms with Crippen LogP contribution in [0.2, 0.25) is 5.02 Å². The molecule has 176 valence electrons. The molecule has 1 amide bonds. The molecule has 0 saturated carbocycles. The number of hydrogen-bond acceptors (Lipinski definition) is 3. The lowest BCUT2D eigenvalue weighted by molar-refractivity contribution is 0.0953. The van der Waals surface area contributed by atoms with E-state index in [1.54, 1.807) is 28.8 Å². The second kappa shape index (κ2) is 10.7. The van der Waals surface area contributed by atoms with Crippen molar-refractivity contribution in [1.29, 1.82) is 0 Å². The monoisotopic (exact) mass is 476 g/mol. The summed E-state index contributed by atoms with van der Waals surface area (Å²) in [5.41, 5.74) is 3.74. The molecule has 0 fully saturated rings. The Balaban J connectivity index is 1.79. The van der Waals surface area contributed by atoms with E-state index in [0.717, 1.165) is 54.7 Å². The minimum absolute atomic E-state index is 0.0925. The van der Waals surface area contributed by atoms with Crippen molar-refractivity contribution in [1.82, 2.24) is 19.3 Å². The van der Waals surface area contributed by atoms with Gasteiger partial charge < -0.3 is 9.88 Å². The minimum atomic E-state index is -0.144. The number of aromatic nitrogens is 3. The standard InChI is InChI=1S/C27H29ClN4O2/c1-3-5-6-16-31-24(20-7-9-21(10-8-20)26(34)29-15-4-2)17-25(33)32-18-23(30-27(31)32)19-11-13-22(28)14-12-19/h7-14,17-18H,3-6,15-16H2,1-2H3,(H,29,34). The van der Waals surface area contributed by atoms with E-state index in [-0.39, 0.29) is 11.5 Å². The van der Waals surface area contributed by atoms with Crippen molar-refractivity contribution in [2.45, 2.75) is 46.1 Å². The molecule has 2 aromatic carbocycles. The van der Waals surface area contributed by atoms with Gasteiger partial charge in [-0.1, -0.05) is 62.6 Å². The molecule has 2 heterocycles. The van der Waals surface area contributed by atoms with Gasteiger partial charge in [0.2, 0.25) is 5.78 Å². The Morgan fingerprint density at radius 3 is 2.35 bits per heavy atom. The second-order valence-corrected chi connectivity index (χ2v) is 8.80. The summed E-state index contributed by atoms with van der Waals surface area (Å²) >= 11 is 6.04. The Labute approximate surface area is 204 Å². The molecule has 0 unspecified atom stereocenters. The number of halogens is 1. The van der Waals surface area contributed by atoms with E-state index in [1.165, 1.54) is 0 Å². The molecule has 0 radical (unpaired) electrons. The molecule has 2 aromatic heterocycles. The third-order valence-corrected chi connectivity index (χ3v) is 6.07. The van der Waals surface area contributed by atoms with E-state index in [4.69, 9.17) is 16.6 Å². The molecule has 0 aliphatic rings. The summed E-state index contributed by atoms with van der Waals surface area (Å²) < 4.78 is 3.70. The fourth-order valence-corrected chi connectivity index (χ4v) is 4.09. The van der Waals surface area contributed by atoms with Gasteiger partial charge in [-0.25, -0.2) is 4.98 Å². The van der Waals surface area contributed by atoms with E-state index in [0.29, 0.717) is 22.9 Å². The van der Waals surface area contributed by atoms with E-state index in [2.05, 4.69) is 16.8 Å². The molecule has 0 aliphatic carbocycles. The van der Waals surface area contributed by atoms with Crippen LogP contribution in [0.4, 0.5) is 0 Å². The number of amides is 1. The molecule has 34 heavy (non-hydrogen) atoms. The first-order valence-corrected chi connectivity index (χ1v) is 12.2. The fourth-order valence-electron chi connectivity index (χ4n) is 3.97. The molecule has 0 spiro atoms. The van der Waals surface area contributed by atoms with Gasteiger partial charge in [0.15, 0.2) is 0 Å². The van der Waals surface area contributed by atoms with Crippen LogP contribution >= 0.6 is 11.6 Å². The number of carbonyl (C=O) groups is 1. The topological polar surface area (TPSA) is 68.4 Å². The third-order valence-electron chi connectivity index (χ3n) is 5.82. The highest BCUT2D eigenvalue weighted by molar-refractivity contribution is 6.30. The maximum Gasteiger partial charge on any atom is 0.259 e. The average molecular weight is 477 g/mol.